The molecular weight excluding hydrogens is 443 g/mol. The zero-order valence-corrected chi connectivity index (χ0v) is 15.9. The van der Waals surface area contributed by atoms with E-state index in [0.717, 1.165) is 14.7 Å². The summed E-state index contributed by atoms with van der Waals surface area (Å²) in [6, 6.07) is 8.95. The first-order chi connectivity index (χ1) is 11.5. The zero-order chi connectivity index (χ0) is 17.3. The molecule has 0 bridgehead atoms. The molecule has 0 unspecified atom stereocenters. The maximum atomic E-state index is 9.86. The number of benzene rings is 2. The molecule has 1 aromatic heterocycles. The molecule has 0 amide bonds. The number of ether oxygens (including phenoxy) is 1. The second-order valence-electron chi connectivity index (χ2n) is 5.12. The SMILES string of the molecule is CCOc1ccc(-c2nc(-c3cc(C)c(O)c(I)c3)no2)cc1Cl. The van der Waals surface area contributed by atoms with Gasteiger partial charge in [-0.25, -0.2) is 0 Å². The number of rotatable bonds is 4. The number of hydrogen-bond acceptors (Lipinski definition) is 5. The van der Waals surface area contributed by atoms with Gasteiger partial charge in [-0.1, -0.05) is 16.8 Å². The number of aromatic hydroxyl groups is 1. The van der Waals surface area contributed by atoms with E-state index >= 15 is 0 Å². The Bertz CT molecular complexity index is 872. The molecule has 0 radical (unpaired) electrons. The summed E-state index contributed by atoms with van der Waals surface area (Å²) in [5, 5.41) is 14.4. The molecular formula is C17H14ClIN2O3. The monoisotopic (exact) mass is 456 g/mol. The van der Waals surface area contributed by atoms with Crippen molar-refractivity contribution in [1.29, 1.82) is 0 Å². The second-order valence-corrected chi connectivity index (χ2v) is 6.69. The van der Waals surface area contributed by atoms with Gasteiger partial charge in [0.05, 0.1) is 15.2 Å². The molecule has 3 aromatic rings. The van der Waals surface area contributed by atoms with Gasteiger partial charge in [-0.3, -0.25) is 0 Å². The van der Waals surface area contributed by atoms with Crippen LogP contribution in [0.5, 0.6) is 11.5 Å². The summed E-state index contributed by atoms with van der Waals surface area (Å²) in [7, 11) is 0. The van der Waals surface area contributed by atoms with E-state index in [1.165, 1.54) is 0 Å². The van der Waals surface area contributed by atoms with Gasteiger partial charge < -0.3 is 14.4 Å². The summed E-state index contributed by atoms with van der Waals surface area (Å²) in [4.78, 5) is 4.42. The topological polar surface area (TPSA) is 68.4 Å². The van der Waals surface area contributed by atoms with Crippen molar-refractivity contribution in [2.75, 3.05) is 6.61 Å². The smallest absolute Gasteiger partial charge is 0.258 e. The maximum Gasteiger partial charge on any atom is 0.258 e. The van der Waals surface area contributed by atoms with Crippen LogP contribution in [0.2, 0.25) is 5.02 Å². The summed E-state index contributed by atoms with van der Waals surface area (Å²) in [5.41, 5.74) is 2.25. The van der Waals surface area contributed by atoms with Gasteiger partial charge in [-0.2, -0.15) is 4.98 Å². The van der Waals surface area contributed by atoms with E-state index in [0.29, 0.717) is 34.7 Å². The minimum atomic E-state index is 0.265. The minimum absolute atomic E-state index is 0.265. The van der Waals surface area contributed by atoms with Gasteiger partial charge in [-0.05, 0) is 72.3 Å². The number of aryl methyl sites for hydroxylation is 1. The number of halogens is 2. The van der Waals surface area contributed by atoms with E-state index in [4.69, 9.17) is 20.9 Å². The largest absolute Gasteiger partial charge is 0.507 e. The highest BCUT2D eigenvalue weighted by Crippen LogP contribution is 2.32. The highest BCUT2D eigenvalue weighted by atomic mass is 127. The molecule has 0 saturated carbocycles. The number of aromatic nitrogens is 2. The quantitative estimate of drug-likeness (QED) is 0.555. The average molecular weight is 457 g/mol. The Morgan fingerprint density at radius 1 is 1.25 bits per heavy atom. The van der Waals surface area contributed by atoms with Crippen LogP contribution in [0, 0.1) is 10.5 Å². The van der Waals surface area contributed by atoms with Crippen molar-refractivity contribution in [1.82, 2.24) is 10.1 Å². The van der Waals surface area contributed by atoms with Crippen LogP contribution in [0.3, 0.4) is 0 Å². The van der Waals surface area contributed by atoms with Crippen molar-refractivity contribution in [2.24, 2.45) is 0 Å². The third-order valence-electron chi connectivity index (χ3n) is 3.42. The van der Waals surface area contributed by atoms with E-state index in [1.54, 1.807) is 12.1 Å². The third kappa shape index (κ3) is 3.34. The van der Waals surface area contributed by atoms with Gasteiger partial charge in [0.25, 0.3) is 5.89 Å². The highest BCUT2D eigenvalue weighted by molar-refractivity contribution is 14.1. The molecule has 7 heteroatoms. The molecule has 0 fully saturated rings. The molecule has 2 aromatic carbocycles. The summed E-state index contributed by atoms with van der Waals surface area (Å²) in [5.74, 6) is 1.71. The minimum Gasteiger partial charge on any atom is -0.507 e. The van der Waals surface area contributed by atoms with Crippen LogP contribution >= 0.6 is 34.2 Å². The van der Waals surface area contributed by atoms with Gasteiger partial charge in [0.1, 0.15) is 11.5 Å². The van der Waals surface area contributed by atoms with E-state index in [-0.39, 0.29) is 5.75 Å². The lowest BCUT2D eigenvalue weighted by Gasteiger charge is -2.05. The van der Waals surface area contributed by atoms with Crippen LogP contribution in [0.25, 0.3) is 22.8 Å². The first-order valence-corrected chi connectivity index (χ1v) is 8.71. The van der Waals surface area contributed by atoms with Gasteiger partial charge >= 0.3 is 0 Å². The normalized spacial score (nSPS) is 10.8. The molecule has 0 aliphatic carbocycles. The molecule has 0 atom stereocenters. The van der Waals surface area contributed by atoms with Gasteiger partial charge in [0.2, 0.25) is 5.82 Å². The van der Waals surface area contributed by atoms with Crippen LogP contribution in [-0.2, 0) is 0 Å². The van der Waals surface area contributed by atoms with E-state index in [2.05, 4.69) is 32.7 Å². The summed E-state index contributed by atoms with van der Waals surface area (Å²) < 4.78 is 11.5. The van der Waals surface area contributed by atoms with E-state index in [1.807, 2.05) is 32.0 Å². The Hall–Kier alpha value is -1.80. The van der Waals surface area contributed by atoms with E-state index < -0.39 is 0 Å². The van der Waals surface area contributed by atoms with Gasteiger partial charge in [0.15, 0.2) is 0 Å². The summed E-state index contributed by atoms with van der Waals surface area (Å²) in [6.07, 6.45) is 0. The van der Waals surface area contributed by atoms with Crippen molar-refractivity contribution in [3.05, 3.63) is 44.5 Å². The first kappa shape index (κ1) is 17.0. The zero-order valence-electron chi connectivity index (χ0n) is 13.0. The average Bonchev–Trinajstić information content (AvgIpc) is 3.04. The van der Waals surface area contributed by atoms with Crippen LogP contribution in [0.15, 0.2) is 34.9 Å². The predicted molar refractivity (Wildman–Crippen MR) is 100 cm³/mol. The van der Waals surface area contributed by atoms with Crippen LogP contribution in [0.4, 0.5) is 0 Å². The lowest BCUT2D eigenvalue weighted by Crippen LogP contribution is -1.92. The number of hydrogen-bond donors (Lipinski definition) is 1. The Kier molecular flexibility index (Phi) is 4.96. The standard InChI is InChI=1S/C17H14ClIN2O3/c1-3-23-14-5-4-10(7-12(14)18)17-20-16(21-24-17)11-6-9(2)15(22)13(19)8-11/h4-8,22H,3H2,1-2H3. The molecule has 0 aliphatic heterocycles. The Morgan fingerprint density at radius 2 is 2.04 bits per heavy atom. The number of nitrogens with zero attached hydrogens (tertiary/aromatic N) is 2. The molecule has 0 saturated heterocycles. The molecule has 0 spiro atoms. The van der Waals surface area contributed by atoms with E-state index in [9.17, 15) is 5.11 Å². The molecule has 124 valence electrons. The van der Waals surface area contributed by atoms with Crippen LogP contribution < -0.4 is 4.74 Å². The molecule has 1 N–H and O–H groups in total. The Labute approximate surface area is 157 Å². The number of phenolic OH excluding ortho intramolecular Hbond substituents is 1. The van der Waals surface area contributed by atoms with Crippen molar-refractivity contribution in [3.8, 4) is 34.3 Å². The second kappa shape index (κ2) is 6.98. The fraction of sp³-hybridized carbons (Fsp3) is 0.176. The fourth-order valence-electron chi connectivity index (χ4n) is 2.23. The van der Waals surface area contributed by atoms with Crippen molar-refractivity contribution in [3.63, 3.8) is 0 Å². The molecule has 3 rings (SSSR count). The maximum absolute atomic E-state index is 9.86. The van der Waals surface area contributed by atoms with Gasteiger partial charge in [-0.15, -0.1) is 0 Å². The molecule has 24 heavy (non-hydrogen) atoms. The molecule has 0 aliphatic rings. The Morgan fingerprint density at radius 3 is 2.71 bits per heavy atom. The highest BCUT2D eigenvalue weighted by Gasteiger charge is 2.14. The number of phenols is 1. The van der Waals surface area contributed by atoms with Crippen molar-refractivity contribution < 1.29 is 14.4 Å². The molecule has 5 nitrogen and oxygen atoms in total. The third-order valence-corrected chi connectivity index (χ3v) is 4.53. The predicted octanol–water partition coefficient (Wildman–Crippen LogP) is 5.07. The first-order valence-electron chi connectivity index (χ1n) is 7.25. The Balaban J connectivity index is 1.95. The van der Waals surface area contributed by atoms with Crippen molar-refractivity contribution in [2.45, 2.75) is 13.8 Å². The fourth-order valence-corrected chi connectivity index (χ4v) is 3.23. The van der Waals surface area contributed by atoms with Gasteiger partial charge in [0, 0.05) is 11.1 Å². The summed E-state index contributed by atoms with van der Waals surface area (Å²) >= 11 is 8.27. The lowest BCUT2D eigenvalue weighted by atomic mass is 10.1. The van der Waals surface area contributed by atoms with Crippen LogP contribution in [-0.4, -0.2) is 21.9 Å². The van der Waals surface area contributed by atoms with Crippen LogP contribution in [0.1, 0.15) is 12.5 Å². The van der Waals surface area contributed by atoms with Crippen molar-refractivity contribution >= 4 is 34.2 Å². The summed E-state index contributed by atoms with van der Waals surface area (Å²) in [6.45, 7) is 4.27. The lowest BCUT2D eigenvalue weighted by molar-refractivity contribution is 0.340. The molecule has 1 heterocycles.